The summed E-state index contributed by atoms with van der Waals surface area (Å²) >= 11 is 0. The standard InChI is InChI=1S/C24H31NO2/c1-4-22(19-12-10-17(3)11-13-19)25-24(26)23(5-2)27-21-15-14-18-8-6-7-9-20(18)16-21/h10-16,22-23H,4-9H2,1-3H3,(H,25,26). The fourth-order valence-corrected chi connectivity index (χ4v) is 3.75. The van der Waals surface area contributed by atoms with E-state index in [0.29, 0.717) is 6.42 Å². The van der Waals surface area contributed by atoms with Crippen molar-refractivity contribution in [3.05, 3.63) is 64.7 Å². The highest BCUT2D eigenvalue weighted by atomic mass is 16.5. The Morgan fingerprint density at radius 2 is 1.70 bits per heavy atom. The average molecular weight is 366 g/mol. The van der Waals surface area contributed by atoms with Crippen molar-refractivity contribution < 1.29 is 9.53 Å². The van der Waals surface area contributed by atoms with Crippen molar-refractivity contribution in [2.75, 3.05) is 0 Å². The maximum absolute atomic E-state index is 12.8. The molecule has 0 spiro atoms. The number of benzene rings is 2. The molecule has 0 bridgehead atoms. The van der Waals surface area contributed by atoms with E-state index >= 15 is 0 Å². The van der Waals surface area contributed by atoms with Crippen molar-refractivity contribution >= 4 is 5.91 Å². The molecule has 0 aliphatic heterocycles. The highest BCUT2D eigenvalue weighted by molar-refractivity contribution is 5.81. The Morgan fingerprint density at radius 1 is 1.00 bits per heavy atom. The molecule has 3 rings (SSSR count). The fourth-order valence-electron chi connectivity index (χ4n) is 3.75. The Kier molecular flexibility index (Phi) is 6.54. The second-order valence-electron chi connectivity index (χ2n) is 7.53. The summed E-state index contributed by atoms with van der Waals surface area (Å²) in [5, 5.41) is 3.17. The van der Waals surface area contributed by atoms with E-state index in [1.165, 1.54) is 29.5 Å². The van der Waals surface area contributed by atoms with Crippen LogP contribution >= 0.6 is 0 Å². The van der Waals surface area contributed by atoms with Gasteiger partial charge in [-0.15, -0.1) is 0 Å². The van der Waals surface area contributed by atoms with Crippen LogP contribution in [-0.4, -0.2) is 12.0 Å². The summed E-state index contributed by atoms with van der Waals surface area (Å²) in [6.45, 7) is 6.16. The number of rotatable bonds is 7. The van der Waals surface area contributed by atoms with Crippen LogP contribution in [0, 0.1) is 6.92 Å². The van der Waals surface area contributed by atoms with Crippen molar-refractivity contribution in [3.63, 3.8) is 0 Å². The van der Waals surface area contributed by atoms with Crippen LogP contribution < -0.4 is 10.1 Å². The molecule has 0 aromatic heterocycles. The first-order valence-electron chi connectivity index (χ1n) is 10.3. The van der Waals surface area contributed by atoms with Crippen molar-refractivity contribution in [1.29, 1.82) is 0 Å². The highest BCUT2D eigenvalue weighted by Gasteiger charge is 2.22. The molecule has 2 unspecified atom stereocenters. The molecule has 2 aromatic rings. The molecule has 1 aliphatic carbocycles. The molecule has 3 nitrogen and oxygen atoms in total. The average Bonchev–Trinajstić information content (AvgIpc) is 2.70. The van der Waals surface area contributed by atoms with Gasteiger partial charge in [-0.25, -0.2) is 0 Å². The minimum atomic E-state index is -0.467. The Labute approximate surface area is 163 Å². The van der Waals surface area contributed by atoms with Gasteiger partial charge >= 0.3 is 0 Å². The molecule has 3 heteroatoms. The normalized spacial score (nSPS) is 15.5. The Hall–Kier alpha value is -2.29. The Morgan fingerprint density at radius 3 is 2.37 bits per heavy atom. The van der Waals surface area contributed by atoms with Gasteiger partial charge < -0.3 is 10.1 Å². The second kappa shape index (κ2) is 9.07. The van der Waals surface area contributed by atoms with E-state index in [1.807, 2.05) is 13.0 Å². The van der Waals surface area contributed by atoms with Crippen LogP contribution in [0.1, 0.15) is 67.8 Å². The monoisotopic (exact) mass is 365 g/mol. The quantitative estimate of drug-likeness (QED) is 0.723. The van der Waals surface area contributed by atoms with Crippen LogP contribution in [0.15, 0.2) is 42.5 Å². The van der Waals surface area contributed by atoms with E-state index in [4.69, 9.17) is 4.74 Å². The van der Waals surface area contributed by atoms with E-state index in [-0.39, 0.29) is 11.9 Å². The van der Waals surface area contributed by atoms with E-state index in [0.717, 1.165) is 30.6 Å². The number of aryl methyl sites for hydroxylation is 3. The lowest BCUT2D eigenvalue weighted by atomic mass is 9.92. The Bertz CT molecular complexity index is 766. The zero-order chi connectivity index (χ0) is 19.2. The van der Waals surface area contributed by atoms with Gasteiger partial charge in [0.25, 0.3) is 5.91 Å². The second-order valence-corrected chi connectivity index (χ2v) is 7.53. The van der Waals surface area contributed by atoms with Gasteiger partial charge in [-0.2, -0.15) is 0 Å². The third kappa shape index (κ3) is 4.91. The molecule has 1 N–H and O–H groups in total. The number of nitrogens with one attached hydrogen (secondary N) is 1. The van der Waals surface area contributed by atoms with E-state index < -0.39 is 6.10 Å². The van der Waals surface area contributed by atoms with Gasteiger partial charge in [0.1, 0.15) is 5.75 Å². The molecule has 0 saturated carbocycles. The van der Waals surface area contributed by atoms with Crippen molar-refractivity contribution in [1.82, 2.24) is 5.32 Å². The lowest BCUT2D eigenvalue weighted by Crippen LogP contribution is -2.40. The third-order valence-electron chi connectivity index (χ3n) is 5.47. The van der Waals surface area contributed by atoms with E-state index in [9.17, 15) is 4.79 Å². The molecule has 27 heavy (non-hydrogen) atoms. The zero-order valence-electron chi connectivity index (χ0n) is 16.8. The number of ether oxygens (including phenoxy) is 1. The molecule has 0 saturated heterocycles. The zero-order valence-corrected chi connectivity index (χ0v) is 16.8. The van der Waals surface area contributed by atoms with Gasteiger partial charge in [0.2, 0.25) is 0 Å². The van der Waals surface area contributed by atoms with Crippen LogP contribution in [-0.2, 0) is 17.6 Å². The fraction of sp³-hybridized carbons (Fsp3) is 0.458. The van der Waals surface area contributed by atoms with Crippen LogP contribution in [0.3, 0.4) is 0 Å². The summed E-state index contributed by atoms with van der Waals surface area (Å²) in [6, 6.07) is 14.7. The minimum Gasteiger partial charge on any atom is -0.481 e. The van der Waals surface area contributed by atoms with Crippen LogP contribution in [0.5, 0.6) is 5.75 Å². The minimum absolute atomic E-state index is 0.0132. The first-order chi connectivity index (χ1) is 13.1. The SMILES string of the molecule is CCC(Oc1ccc2c(c1)CCCC2)C(=O)NC(CC)c1ccc(C)cc1. The lowest BCUT2D eigenvalue weighted by Gasteiger charge is -2.23. The van der Waals surface area contributed by atoms with Gasteiger partial charge in [0, 0.05) is 0 Å². The molecule has 1 aliphatic rings. The summed E-state index contributed by atoms with van der Waals surface area (Å²) in [5.74, 6) is 0.767. The maximum Gasteiger partial charge on any atom is 0.261 e. The van der Waals surface area contributed by atoms with Gasteiger partial charge in [-0.1, -0.05) is 49.7 Å². The first-order valence-corrected chi connectivity index (χ1v) is 10.3. The number of carbonyl (C=O) groups is 1. The number of hydrogen-bond acceptors (Lipinski definition) is 2. The molecular formula is C24H31NO2. The number of fused-ring (bicyclic) bond motifs is 1. The largest absolute Gasteiger partial charge is 0.481 e. The number of carbonyl (C=O) groups excluding carboxylic acids is 1. The summed E-state index contributed by atoms with van der Waals surface area (Å²) in [5.41, 5.74) is 5.17. The summed E-state index contributed by atoms with van der Waals surface area (Å²) in [7, 11) is 0. The predicted octanol–water partition coefficient (Wildman–Crippen LogP) is 5.30. The molecule has 0 heterocycles. The molecule has 2 aromatic carbocycles. The smallest absolute Gasteiger partial charge is 0.261 e. The van der Waals surface area contributed by atoms with Crippen molar-refractivity contribution in [2.45, 2.75) is 71.4 Å². The first kappa shape index (κ1) is 19.5. The maximum atomic E-state index is 12.8. The van der Waals surface area contributed by atoms with Gasteiger partial charge in [0.15, 0.2) is 6.10 Å². The van der Waals surface area contributed by atoms with Crippen LogP contribution in [0.2, 0.25) is 0 Å². The number of amides is 1. The van der Waals surface area contributed by atoms with Gasteiger partial charge in [0.05, 0.1) is 6.04 Å². The molecule has 1 amide bonds. The topological polar surface area (TPSA) is 38.3 Å². The summed E-state index contributed by atoms with van der Waals surface area (Å²) in [4.78, 5) is 12.8. The molecule has 144 valence electrons. The van der Waals surface area contributed by atoms with Crippen molar-refractivity contribution in [3.8, 4) is 5.75 Å². The van der Waals surface area contributed by atoms with E-state index in [2.05, 4.69) is 55.6 Å². The van der Waals surface area contributed by atoms with Crippen LogP contribution in [0.4, 0.5) is 0 Å². The molecule has 0 fully saturated rings. The van der Waals surface area contributed by atoms with Crippen molar-refractivity contribution in [2.24, 2.45) is 0 Å². The molecular weight excluding hydrogens is 334 g/mol. The molecule has 0 radical (unpaired) electrons. The van der Waals surface area contributed by atoms with E-state index in [1.54, 1.807) is 0 Å². The predicted molar refractivity (Wildman–Crippen MR) is 110 cm³/mol. The molecule has 2 atom stereocenters. The summed E-state index contributed by atoms with van der Waals surface area (Å²) < 4.78 is 6.08. The van der Waals surface area contributed by atoms with Gasteiger partial charge in [-0.3, -0.25) is 4.79 Å². The third-order valence-corrected chi connectivity index (χ3v) is 5.47. The van der Waals surface area contributed by atoms with Gasteiger partial charge in [-0.05, 0) is 74.3 Å². The lowest BCUT2D eigenvalue weighted by molar-refractivity contribution is -0.128. The highest BCUT2D eigenvalue weighted by Crippen LogP contribution is 2.26. The number of hydrogen-bond donors (Lipinski definition) is 1. The summed E-state index contributed by atoms with van der Waals surface area (Å²) in [6.07, 6.45) is 5.80. The van der Waals surface area contributed by atoms with Crippen LogP contribution in [0.25, 0.3) is 0 Å². The Balaban J connectivity index is 1.67.